The van der Waals surface area contributed by atoms with E-state index in [0.29, 0.717) is 12.8 Å². The number of rotatable bonds is 7. The summed E-state index contributed by atoms with van der Waals surface area (Å²) < 4.78 is 36.0. The zero-order chi connectivity index (χ0) is 13.4. The summed E-state index contributed by atoms with van der Waals surface area (Å²) in [5.74, 6) is 5.34. The molecule has 0 aliphatic carbocycles. The third-order valence-corrected chi connectivity index (χ3v) is 2.75. The van der Waals surface area contributed by atoms with Crippen LogP contribution in [0.25, 0.3) is 0 Å². The fourth-order valence-electron chi connectivity index (χ4n) is 1.75. The summed E-state index contributed by atoms with van der Waals surface area (Å²) in [6.45, 7) is 0. The average molecular weight is 261 g/mol. The fourth-order valence-corrected chi connectivity index (χ4v) is 1.75. The first-order valence-electron chi connectivity index (χ1n) is 5.93. The summed E-state index contributed by atoms with van der Waals surface area (Å²) >= 11 is 0. The molecular formula is C12H18F3N3. The number of nitrogens with one attached hydrogen (secondary N) is 1. The van der Waals surface area contributed by atoms with Crippen molar-refractivity contribution in [1.82, 2.24) is 10.4 Å². The summed E-state index contributed by atoms with van der Waals surface area (Å²) in [5.41, 5.74) is 3.63. The molecule has 0 radical (unpaired) electrons. The molecule has 0 bridgehead atoms. The summed E-state index contributed by atoms with van der Waals surface area (Å²) in [5, 5.41) is 0. The number of pyridine rings is 1. The van der Waals surface area contributed by atoms with Crippen LogP contribution in [-0.4, -0.2) is 17.2 Å². The van der Waals surface area contributed by atoms with Crippen LogP contribution in [-0.2, 0) is 6.42 Å². The molecule has 0 saturated carbocycles. The Morgan fingerprint density at radius 2 is 2.11 bits per heavy atom. The van der Waals surface area contributed by atoms with Crippen LogP contribution in [0.2, 0.25) is 0 Å². The Labute approximate surface area is 105 Å². The van der Waals surface area contributed by atoms with Gasteiger partial charge in [0.25, 0.3) is 0 Å². The van der Waals surface area contributed by atoms with Crippen LogP contribution in [0.5, 0.6) is 0 Å². The number of hydrogen-bond donors (Lipinski definition) is 2. The zero-order valence-corrected chi connectivity index (χ0v) is 10.1. The Morgan fingerprint density at radius 1 is 1.33 bits per heavy atom. The molecule has 0 aliphatic rings. The molecule has 18 heavy (non-hydrogen) atoms. The van der Waals surface area contributed by atoms with Gasteiger partial charge in [0.15, 0.2) is 0 Å². The molecule has 102 valence electrons. The number of aryl methyl sites for hydroxylation is 1. The van der Waals surface area contributed by atoms with Gasteiger partial charge in [-0.25, -0.2) is 0 Å². The molecule has 1 heterocycles. The monoisotopic (exact) mass is 261 g/mol. The Bertz CT molecular complexity index is 327. The van der Waals surface area contributed by atoms with Crippen LogP contribution >= 0.6 is 0 Å². The minimum atomic E-state index is -4.08. The number of nitrogens with zero attached hydrogens (tertiary/aromatic N) is 1. The Kier molecular flexibility index (Phi) is 6.07. The smallest absolute Gasteiger partial charge is 0.271 e. The molecular weight excluding hydrogens is 243 g/mol. The number of hydrogen-bond acceptors (Lipinski definition) is 3. The zero-order valence-electron chi connectivity index (χ0n) is 10.1. The van der Waals surface area contributed by atoms with Crippen molar-refractivity contribution >= 4 is 0 Å². The van der Waals surface area contributed by atoms with E-state index in [-0.39, 0.29) is 12.5 Å². The van der Waals surface area contributed by atoms with Gasteiger partial charge in [-0.3, -0.25) is 16.3 Å². The third-order valence-electron chi connectivity index (χ3n) is 2.75. The minimum Gasteiger partial charge on any atom is -0.271 e. The van der Waals surface area contributed by atoms with Crippen molar-refractivity contribution in [2.24, 2.45) is 5.84 Å². The van der Waals surface area contributed by atoms with Crippen LogP contribution in [0.3, 0.4) is 0 Å². The minimum absolute atomic E-state index is 0.0902. The van der Waals surface area contributed by atoms with Gasteiger partial charge in [0.05, 0.1) is 0 Å². The molecule has 0 fully saturated rings. The van der Waals surface area contributed by atoms with E-state index >= 15 is 0 Å². The lowest BCUT2D eigenvalue weighted by Gasteiger charge is -2.16. The van der Waals surface area contributed by atoms with Gasteiger partial charge < -0.3 is 0 Å². The maximum Gasteiger partial charge on any atom is 0.389 e. The van der Waals surface area contributed by atoms with Crippen LogP contribution < -0.4 is 11.3 Å². The highest BCUT2D eigenvalue weighted by Crippen LogP contribution is 2.23. The number of hydrazine groups is 1. The van der Waals surface area contributed by atoms with Crippen LogP contribution in [0.4, 0.5) is 13.2 Å². The van der Waals surface area contributed by atoms with Crippen LogP contribution in [0, 0.1) is 0 Å². The summed E-state index contributed by atoms with van der Waals surface area (Å²) in [4.78, 5) is 3.98. The average Bonchev–Trinajstić information content (AvgIpc) is 2.33. The lowest BCUT2D eigenvalue weighted by atomic mass is 10.0. The SMILES string of the molecule is NNC(CCCC(F)(F)F)CCc1cccnc1. The van der Waals surface area contributed by atoms with E-state index in [9.17, 15) is 13.2 Å². The number of aromatic nitrogens is 1. The molecule has 0 aromatic carbocycles. The van der Waals surface area contributed by atoms with Crippen LogP contribution in [0.1, 0.15) is 31.2 Å². The first-order valence-corrected chi connectivity index (χ1v) is 5.93. The van der Waals surface area contributed by atoms with Crippen molar-refractivity contribution in [3.63, 3.8) is 0 Å². The molecule has 1 unspecified atom stereocenters. The largest absolute Gasteiger partial charge is 0.389 e. The number of alkyl halides is 3. The normalized spacial score (nSPS) is 13.6. The van der Waals surface area contributed by atoms with Gasteiger partial charge in [0, 0.05) is 24.9 Å². The van der Waals surface area contributed by atoms with E-state index in [0.717, 1.165) is 12.0 Å². The van der Waals surface area contributed by atoms with Crippen molar-refractivity contribution in [3.05, 3.63) is 30.1 Å². The van der Waals surface area contributed by atoms with Gasteiger partial charge in [-0.15, -0.1) is 0 Å². The predicted octanol–water partition coefficient (Wildman–Crippen LogP) is 2.58. The van der Waals surface area contributed by atoms with Gasteiger partial charge in [0.1, 0.15) is 0 Å². The van der Waals surface area contributed by atoms with Crippen molar-refractivity contribution in [2.45, 2.75) is 44.3 Å². The molecule has 3 N–H and O–H groups in total. The molecule has 1 atom stereocenters. The maximum absolute atomic E-state index is 12.0. The quantitative estimate of drug-likeness (QED) is 0.586. The van der Waals surface area contributed by atoms with Crippen molar-refractivity contribution < 1.29 is 13.2 Å². The second-order valence-corrected chi connectivity index (χ2v) is 4.27. The molecule has 0 amide bonds. The number of halogens is 3. The van der Waals surface area contributed by atoms with E-state index in [1.165, 1.54) is 0 Å². The second-order valence-electron chi connectivity index (χ2n) is 4.27. The van der Waals surface area contributed by atoms with Crippen molar-refractivity contribution in [1.29, 1.82) is 0 Å². The molecule has 1 rings (SSSR count). The molecule has 1 aromatic rings. The van der Waals surface area contributed by atoms with E-state index in [1.54, 1.807) is 12.4 Å². The van der Waals surface area contributed by atoms with E-state index in [2.05, 4.69) is 10.4 Å². The highest BCUT2D eigenvalue weighted by molar-refractivity contribution is 5.08. The predicted molar refractivity (Wildman–Crippen MR) is 63.6 cm³/mol. The Morgan fingerprint density at radius 3 is 2.67 bits per heavy atom. The summed E-state index contributed by atoms with van der Waals surface area (Å²) in [6, 6.07) is 3.69. The Hall–Kier alpha value is -1.14. The van der Waals surface area contributed by atoms with Crippen molar-refractivity contribution in [2.75, 3.05) is 0 Å². The summed E-state index contributed by atoms with van der Waals surface area (Å²) in [6.07, 6.45) is 0.603. The molecule has 0 saturated heterocycles. The van der Waals surface area contributed by atoms with Gasteiger partial charge in [0.2, 0.25) is 0 Å². The summed E-state index contributed by atoms with van der Waals surface area (Å²) in [7, 11) is 0. The molecule has 0 spiro atoms. The van der Waals surface area contributed by atoms with Crippen molar-refractivity contribution in [3.8, 4) is 0 Å². The van der Waals surface area contributed by atoms with Gasteiger partial charge >= 0.3 is 6.18 Å². The maximum atomic E-state index is 12.0. The number of nitrogens with two attached hydrogens (primary N) is 1. The molecule has 3 nitrogen and oxygen atoms in total. The fraction of sp³-hybridized carbons (Fsp3) is 0.583. The lowest BCUT2D eigenvalue weighted by Crippen LogP contribution is -2.35. The highest BCUT2D eigenvalue weighted by Gasteiger charge is 2.26. The first kappa shape index (κ1) is 14.9. The van der Waals surface area contributed by atoms with Gasteiger partial charge in [-0.05, 0) is 37.3 Å². The second kappa shape index (κ2) is 7.33. The van der Waals surface area contributed by atoms with E-state index in [1.807, 2.05) is 12.1 Å². The van der Waals surface area contributed by atoms with Crippen LogP contribution in [0.15, 0.2) is 24.5 Å². The van der Waals surface area contributed by atoms with E-state index < -0.39 is 12.6 Å². The topological polar surface area (TPSA) is 50.9 Å². The third kappa shape index (κ3) is 6.56. The van der Waals surface area contributed by atoms with Gasteiger partial charge in [-0.1, -0.05) is 6.07 Å². The lowest BCUT2D eigenvalue weighted by molar-refractivity contribution is -0.135. The molecule has 1 aromatic heterocycles. The molecule has 0 aliphatic heterocycles. The van der Waals surface area contributed by atoms with E-state index in [4.69, 9.17) is 5.84 Å². The molecule has 6 heteroatoms. The standard InChI is InChI=1S/C12H18F3N3/c13-12(14,15)7-1-4-11(18-16)6-5-10-3-2-8-17-9-10/h2-3,8-9,11,18H,1,4-7,16H2. The van der Waals surface area contributed by atoms with Gasteiger partial charge in [-0.2, -0.15) is 13.2 Å². The highest BCUT2D eigenvalue weighted by atomic mass is 19.4. The first-order chi connectivity index (χ1) is 8.51. The Balaban J connectivity index is 2.25.